The molecule has 0 saturated carbocycles. The Morgan fingerprint density at radius 1 is 1.42 bits per heavy atom. The average molecular weight is 173 g/mol. The van der Waals surface area contributed by atoms with Gasteiger partial charge >= 0.3 is 0 Å². The highest BCUT2D eigenvalue weighted by atomic mass is 16.5. The molecule has 0 amide bonds. The number of hydrogen-bond acceptors (Lipinski definition) is 3. The van der Waals surface area contributed by atoms with Crippen LogP contribution in [0.5, 0.6) is 0 Å². The molecule has 3 heteroatoms. The number of ether oxygens (including phenoxy) is 1. The Morgan fingerprint density at radius 2 is 1.92 bits per heavy atom. The van der Waals surface area contributed by atoms with Crippen LogP contribution in [-0.4, -0.2) is 48.0 Å². The predicted octanol–water partition coefficient (Wildman–Crippen LogP) is 0.476. The van der Waals surface area contributed by atoms with Crippen LogP contribution < -0.4 is 0 Å². The first-order chi connectivity index (χ1) is 5.58. The van der Waals surface area contributed by atoms with Crippen molar-refractivity contribution in [2.45, 2.75) is 39.1 Å². The van der Waals surface area contributed by atoms with E-state index in [1.165, 1.54) is 0 Å². The van der Waals surface area contributed by atoms with E-state index in [4.69, 9.17) is 4.74 Å². The van der Waals surface area contributed by atoms with Gasteiger partial charge in [0.1, 0.15) is 0 Å². The quantitative estimate of drug-likeness (QED) is 0.659. The number of aliphatic hydroxyl groups is 1. The molecular weight excluding hydrogens is 154 g/mol. The van der Waals surface area contributed by atoms with E-state index in [2.05, 4.69) is 18.7 Å². The van der Waals surface area contributed by atoms with E-state index in [1.54, 1.807) is 0 Å². The van der Waals surface area contributed by atoms with Crippen molar-refractivity contribution in [1.82, 2.24) is 4.90 Å². The number of hydrogen-bond donors (Lipinski definition) is 1. The molecule has 0 aromatic heterocycles. The first kappa shape index (κ1) is 9.96. The minimum Gasteiger partial charge on any atom is -0.392 e. The van der Waals surface area contributed by atoms with Crippen LogP contribution in [0.1, 0.15) is 20.8 Å². The summed E-state index contributed by atoms with van der Waals surface area (Å²) >= 11 is 0. The molecule has 12 heavy (non-hydrogen) atoms. The molecule has 0 spiro atoms. The highest BCUT2D eigenvalue weighted by Crippen LogP contribution is 2.10. The second kappa shape index (κ2) is 4.21. The standard InChI is InChI=1S/C9H19NO2/c1-7(11)4-10-5-8(2)12-9(3)6-10/h7-9,11H,4-6H2,1-3H3. The SMILES string of the molecule is CC(O)CN1CC(C)OC(C)C1. The molecule has 0 radical (unpaired) electrons. The molecule has 1 fully saturated rings. The molecule has 0 aliphatic carbocycles. The third-order valence-electron chi connectivity index (χ3n) is 2.02. The Hall–Kier alpha value is -0.120. The summed E-state index contributed by atoms with van der Waals surface area (Å²) in [5, 5.41) is 9.19. The van der Waals surface area contributed by atoms with Gasteiger partial charge in [0.25, 0.3) is 0 Å². The summed E-state index contributed by atoms with van der Waals surface area (Å²) < 4.78 is 5.57. The zero-order valence-electron chi connectivity index (χ0n) is 8.16. The van der Waals surface area contributed by atoms with Gasteiger partial charge in [-0.2, -0.15) is 0 Å². The van der Waals surface area contributed by atoms with E-state index in [1.807, 2.05) is 6.92 Å². The molecule has 1 rings (SSSR count). The largest absolute Gasteiger partial charge is 0.392 e. The minimum atomic E-state index is -0.234. The summed E-state index contributed by atoms with van der Waals surface area (Å²) in [6, 6.07) is 0. The van der Waals surface area contributed by atoms with Gasteiger partial charge in [0.15, 0.2) is 0 Å². The van der Waals surface area contributed by atoms with Crippen molar-refractivity contribution >= 4 is 0 Å². The summed E-state index contributed by atoms with van der Waals surface area (Å²) in [7, 11) is 0. The minimum absolute atomic E-state index is 0.234. The number of rotatable bonds is 2. The van der Waals surface area contributed by atoms with Crippen LogP contribution in [0.15, 0.2) is 0 Å². The maximum atomic E-state index is 9.19. The van der Waals surface area contributed by atoms with Crippen molar-refractivity contribution in [2.75, 3.05) is 19.6 Å². The molecule has 1 heterocycles. The van der Waals surface area contributed by atoms with E-state index < -0.39 is 0 Å². The predicted molar refractivity (Wildman–Crippen MR) is 48.1 cm³/mol. The second-order valence-electron chi connectivity index (χ2n) is 3.82. The fourth-order valence-electron chi connectivity index (χ4n) is 1.81. The topological polar surface area (TPSA) is 32.7 Å². The molecule has 1 aliphatic rings. The fraction of sp³-hybridized carbons (Fsp3) is 1.00. The highest BCUT2D eigenvalue weighted by Gasteiger charge is 2.22. The lowest BCUT2D eigenvalue weighted by Crippen LogP contribution is -2.47. The van der Waals surface area contributed by atoms with Crippen molar-refractivity contribution < 1.29 is 9.84 Å². The van der Waals surface area contributed by atoms with E-state index in [9.17, 15) is 5.11 Å². The Kier molecular flexibility index (Phi) is 3.50. The molecule has 72 valence electrons. The lowest BCUT2D eigenvalue weighted by atomic mass is 10.2. The maximum absolute atomic E-state index is 9.19. The Balaban J connectivity index is 2.34. The summed E-state index contributed by atoms with van der Waals surface area (Å²) in [6.07, 6.45) is 0.363. The highest BCUT2D eigenvalue weighted by molar-refractivity contribution is 4.73. The molecule has 1 N–H and O–H groups in total. The van der Waals surface area contributed by atoms with Gasteiger partial charge in [-0.15, -0.1) is 0 Å². The van der Waals surface area contributed by atoms with E-state index in [0.717, 1.165) is 19.6 Å². The van der Waals surface area contributed by atoms with Crippen LogP contribution in [0.2, 0.25) is 0 Å². The van der Waals surface area contributed by atoms with Crippen molar-refractivity contribution in [3.8, 4) is 0 Å². The summed E-state index contributed by atoms with van der Waals surface area (Å²) in [5.41, 5.74) is 0. The average Bonchev–Trinajstić information content (AvgIpc) is 1.81. The Bertz CT molecular complexity index is 126. The van der Waals surface area contributed by atoms with Gasteiger partial charge in [-0.05, 0) is 20.8 Å². The van der Waals surface area contributed by atoms with Crippen LogP contribution >= 0.6 is 0 Å². The normalized spacial score (nSPS) is 35.0. The number of β-amino-alcohol motifs (C(OH)–C–C–N with tert-alkyl or cyclic N) is 1. The number of nitrogens with zero attached hydrogens (tertiary/aromatic N) is 1. The van der Waals surface area contributed by atoms with Crippen molar-refractivity contribution in [2.24, 2.45) is 0 Å². The monoisotopic (exact) mass is 173 g/mol. The molecule has 3 atom stereocenters. The van der Waals surface area contributed by atoms with Crippen molar-refractivity contribution in [3.05, 3.63) is 0 Å². The van der Waals surface area contributed by atoms with Crippen LogP contribution in [0.4, 0.5) is 0 Å². The van der Waals surface area contributed by atoms with Crippen LogP contribution in [0.25, 0.3) is 0 Å². The summed E-state index contributed by atoms with van der Waals surface area (Å²) in [5.74, 6) is 0. The fourth-order valence-corrected chi connectivity index (χ4v) is 1.81. The smallest absolute Gasteiger partial charge is 0.0678 e. The van der Waals surface area contributed by atoms with Crippen LogP contribution in [-0.2, 0) is 4.74 Å². The maximum Gasteiger partial charge on any atom is 0.0678 e. The molecule has 0 aromatic rings. The zero-order valence-corrected chi connectivity index (χ0v) is 8.16. The van der Waals surface area contributed by atoms with Gasteiger partial charge in [0.05, 0.1) is 18.3 Å². The molecule has 1 saturated heterocycles. The van der Waals surface area contributed by atoms with E-state index >= 15 is 0 Å². The molecule has 0 bridgehead atoms. The van der Waals surface area contributed by atoms with Gasteiger partial charge in [0, 0.05) is 19.6 Å². The first-order valence-corrected chi connectivity index (χ1v) is 4.64. The molecular formula is C9H19NO2. The van der Waals surface area contributed by atoms with Gasteiger partial charge in [-0.1, -0.05) is 0 Å². The van der Waals surface area contributed by atoms with Gasteiger partial charge in [0.2, 0.25) is 0 Å². The molecule has 3 nitrogen and oxygen atoms in total. The van der Waals surface area contributed by atoms with E-state index in [0.29, 0.717) is 12.2 Å². The third-order valence-corrected chi connectivity index (χ3v) is 2.02. The lowest BCUT2D eigenvalue weighted by molar-refractivity contribution is -0.0752. The van der Waals surface area contributed by atoms with Gasteiger partial charge in [-0.25, -0.2) is 0 Å². The zero-order chi connectivity index (χ0) is 9.14. The van der Waals surface area contributed by atoms with Gasteiger partial charge in [-0.3, -0.25) is 4.90 Å². The first-order valence-electron chi connectivity index (χ1n) is 4.64. The van der Waals surface area contributed by atoms with Crippen LogP contribution in [0.3, 0.4) is 0 Å². The number of aliphatic hydroxyl groups excluding tert-OH is 1. The Morgan fingerprint density at radius 3 is 2.33 bits per heavy atom. The summed E-state index contributed by atoms with van der Waals surface area (Å²) in [6.45, 7) is 8.61. The third kappa shape index (κ3) is 3.09. The van der Waals surface area contributed by atoms with Crippen molar-refractivity contribution in [3.63, 3.8) is 0 Å². The number of morpholine rings is 1. The summed E-state index contributed by atoms with van der Waals surface area (Å²) in [4.78, 5) is 2.25. The Labute approximate surface area is 74.3 Å². The molecule has 1 aliphatic heterocycles. The second-order valence-corrected chi connectivity index (χ2v) is 3.82. The molecule has 3 unspecified atom stereocenters. The molecule has 0 aromatic carbocycles. The van der Waals surface area contributed by atoms with Gasteiger partial charge < -0.3 is 9.84 Å². The van der Waals surface area contributed by atoms with Crippen LogP contribution in [0, 0.1) is 0 Å². The van der Waals surface area contributed by atoms with E-state index in [-0.39, 0.29) is 6.10 Å². The van der Waals surface area contributed by atoms with Crippen molar-refractivity contribution in [1.29, 1.82) is 0 Å². The lowest BCUT2D eigenvalue weighted by Gasteiger charge is -2.35.